The van der Waals surface area contributed by atoms with E-state index in [-0.39, 0.29) is 17.1 Å². The van der Waals surface area contributed by atoms with Crippen molar-refractivity contribution >= 4 is 28.8 Å². The highest BCUT2D eigenvalue weighted by Crippen LogP contribution is 2.27. The number of hydrogen-bond donors (Lipinski definition) is 1. The first-order valence-corrected chi connectivity index (χ1v) is 11.5. The molecule has 160 valence electrons. The van der Waals surface area contributed by atoms with Crippen LogP contribution in [0.25, 0.3) is 0 Å². The largest absolute Gasteiger partial charge is 0.338 e. The zero-order chi connectivity index (χ0) is 20.5. The Balaban J connectivity index is 1.85. The molecular formula is C20H36N4O3S. The number of piperazine rings is 1. The number of nitrogens with zero attached hydrogens (tertiary/aromatic N) is 3. The lowest BCUT2D eigenvalue weighted by atomic mass is 10.0. The number of hydrogen-bond acceptors (Lipinski definition) is 5. The number of nitrogens with one attached hydrogen (secondary N) is 1. The lowest BCUT2D eigenvalue weighted by Crippen LogP contribution is -2.55. The Morgan fingerprint density at radius 2 is 1.75 bits per heavy atom. The number of amides is 3. The molecule has 1 aliphatic carbocycles. The Morgan fingerprint density at radius 3 is 2.36 bits per heavy atom. The van der Waals surface area contributed by atoms with Crippen molar-refractivity contribution < 1.29 is 14.4 Å². The van der Waals surface area contributed by atoms with Crippen LogP contribution in [0.2, 0.25) is 0 Å². The molecule has 0 aromatic carbocycles. The van der Waals surface area contributed by atoms with Crippen LogP contribution in [-0.4, -0.2) is 89.9 Å². The summed E-state index contributed by atoms with van der Waals surface area (Å²) in [6.07, 6.45) is 6.06. The Kier molecular flexibility index (Phi) is 9.58. The highest BCUT2D eigenvalue weighted by atomic mass is 32.2. The molecule has 0 spiro atoms. The second kappa shape index (κ2) is 11.7. The SMILES string of the molecule is CC(=O)SCCN(CCC1CCCC1)C(=O)N[C@@H](C)C(=O)N1CCN(C)CC1. The normalized spacial score (nSPS) is 19.5. The predicted molar refractivity (Wildman–Crippen MR) is 113 cm³/mol. The van der Waals surface area contributed by atoms with Crippen LogP contribution in [0, 0.1) is 5.92 Å². The van der Waals surface area contributed by atoms with Crippen molar-refractivity contribution in [1.29, 1.82) is 0 Å². The summed E-state index contributed by atoms with van der Waals surface area (Å²) in [5.41, 5.74) is 0. The minimum Gasteiger partial charge on any atom is -0.338 e. The maximum atomic E-state index is 12.8. The van der Waals surface area contributed by atoms with Crippen molar-refractivity contribution in [1.82, 2.24) is 20.0 Å². The van der Waals surface area contributed by atoms with Gasteiger partial charge in [-0.05, 0) is 26.3 Å². The van der Waals surface area contributed by atoms with E-state index in [9.17, 15) is 14.4 Å². The first kappa shape index (κ1) is 23.0. The molecule has 28 heavy (non-hydrogen) atoms. The highest BCUT2D eigenvalue weighted by molar-refractivity contribution is 8.13. The topological polar surface area (TPSA) is 73.0 Å². The van der Waals surface area contributed by atoms with Gasteiger partial charge >= 0.3 is 6.03 Å². The van der Waals surface area contributed by atoms with Gasteiger partial charge in [0.05, 0.1) is 0 Å². The van der Waals surface area contributed by atoms with E-state index >= 15 is 0 Å². The minimum atomic E-state index is -0.537. The average Bonchev–Trinajstić information content (AvgIpc) is 3.17. The van der Waals surface area contributed by atoms with Gasteiger partial charge in [0.1, 0.15) is 6.04 Å². The summed E-state index contributed by atoms with van der Waals surface area (Å²) in [7, 11) is 2.05. The summed E-state index contributed by atoms with van der Waals surface area (Å²) in [5, 5.41) is 2.95. The van der Waals surface area contributed by atoms with Crippen molar-refractivity contribution in [2.75, 3.05) is 52.1 Å². The highest BCUT2D eigenvalue weighted by Gasteiger charge is 2.26. The molecule has 1 atom stereocenters. The summed E-state index contributed by atoms with van der Waals surface area (Å²) >= 11 is 1.24. The molecule has 1 saturated heterocycles. The van der Waals surface area contributed by atoms with Gasteiger partial charge in [-0.2, -0.15) is 0 Å². The van der Waals surface area contributed by atoms with Crippen LogP contribution in [0.1, 0.15) is 46.0 Å². The number of urea groups is 1. The first-order valence-electron chi connectivity index (χ1n) is 10.5. The number of likely N-dealkylation sites (N-methyl/N-ethyl adjacent to an activating group) is 1. The molecule has 2 aliphatic rings. The third-order valence-corrected chi connectivity index (χ3v) is 6.55. The van der Waals surface area contributed by atoms with E-state index in [1.165, 1.54) is 37.4 Å². The summed E-state index contributed by atoms with van der Waals surface area (Å²) in [5.74, 6) is 1.27. The quantitative estimate of drug-likeness (QED) is 0.660. The maximum Gasteiger partial charge on any atom is 0.318 e. The van der Waals surface area contributed by atoms with E-state index in [0.29, 0.717) is 37.8 Å². The predicted octanol–water partition coefficient (Wildman–Crippen LogP) is 2.02. The van der Waals surface area contributed by atoms with Gasteiger partial charge in [0.25, 0.3) is 0 Å². The molecule has 0 bridgehead atoms. The molecule has 0 aromatic rings. The second-order valence-electron chi connectivity index (χ2n) is 8.07. The summed E-state index contributed by atoms with van der Waals surface area (Å²) < 4.78 is 0. The number of carbonyl (C=O) groups is 3. The molecule has 2 rings (SSSR count). The van der Waals surface area contributed by atoms with Crippen LogP contribution in [0.15, 0.2) is 0 Å². The smallest absolute Gasteiger partial charge is 0.318 e. The molecular weight excluding hydrogens is 376 g/mol. The van der Waals surface area contributed by atoms with Gasteiger partial charge in [-0.25, -0.2) is 4.79 Å². The average molecular weight is 413 g/mol. The van der Waals surface area contributed by atoms with Gasteiger partial charge in [0.15, 0.2) is 5.12 Å². The first-order chi connectivity index (χ1) is 13.4. The van der Waals surface area contributed by atoms with Crippen LogP contribution in [-0.2, 0) is 9.59 Å². The minimum absolute atomic E-state index is 0.0182. The number of rotatable bonds is 8. The fourth-order valence-electron chi connectivity index (χ4n) is 3.89. The van der Waals surface area contributed by atoms with Gasteiger partial charge < -0.3 is 20.0 Å². The molecule has 3 amide bonds. The van der Waals surface area contributed by atoms with E-state index in [1.807, 2.05) is 11.9 Å². The van der Waals surface area contributed by atoms with Crippen LogP contribution in [0.3, 0.4) is 0 Å². The monoisotopic (exact) mass is 412 g/mol. The Labute approximate surface area is 173 Å². The zero-order valence-electron chi connectivity index (χ0n) is 17.6. The molecule has 0 aromatic heterocycles. The standard InChI is InChI=1S/C20H36N4O3S/c1-16(19(26)23-12-10-22(3)11-13-23)21-20(27)24(14-15-28-17(2)25)9-8-18-6-4-5-7-18/h16,18H,4-15H2,1-3H3,(H,21,27)/t16-/m0/s1. The summed E-state index contributed by atoms with van der Waals surface area (Å²) in [6, 6.07) is -0.734. The molecule has 1 saturated carbocycles. The fourth-order valence-corrected chi connectivity index (χ4v) is 4.49. The van der Waals surface area contributed by atoms with E-state index in [2.05, 4.69) is 10.2 Å². The molecule has 1 N–H and O–H groups in total. The van der Waals surface area contributed by atoms with Crippen LogP contribution in [0.4, 0.5) is 4.79 Å². The number of thioether (sulfide) groups is 1. The van der Waals surface area contributed by atoms with Crippen LogP contribution < -0.4 is 5.32 Å². The molecule has 0 unspecified atom stereocenters. The molecule has 8 heteroatoms. The number of carbonyl (C=O) groups excluding carboxylic acids is 3. The third kappa shape index (κ3) is 7.62. The van der Waals surface area contributed by atoms with Gasteiger partial charge in [0.2, 0.25) is 5.91 Å². The summed E-state index contributed by atoms with van der Waals surface area (Å²) in [4.78, 5) is 42.5. The summed E-state index contributed by atoms with van der Waals surface area (Å²) in [6.45, 7) is 7.65. The van der Waals surface area contributed by atoms with Crippen molar-refractivity contribution in [3.63, 3.8) is 0 Å². The van der Waals surface area contributed by atoms with Crippen molar-refractivity contribution in [3.05, 3.63) is 0 Å². The van der Waals surface area contributed by atoms with Crippen LogP contribution in [0.5, 0.6) is 0 Å². The molecule has 1 heterocycles. The maximum absolute atomic E-state index is 12.8. The third-order valence-electron chi connectivity index (χ3n) is 5.76. The lowest BCUT2D eigenvalue weighted by Gasteiger charge is -2.34. The Hall–Kier alpha value is -1.28. The van der Waals surface area contributed by atoms with E-state index in [1.54, 1.807) is 18.7 Å². The molecule has 1 aliphatic heterocycles. The van der Waals surface area contributed by atoms with E-state index in [0.717, 1.165) is 19.5 Å². The zero-order valence-corrected chi connectivity index (χ0v) is 18.4. The van der Waals surface area contributed by atoms with Crippen molar-refractivity contribution in [2.24, 2.45) is 5.92 Å². The van der Waals surface area contributed by atoms with Crippen molar-refractivity contribution in [2.45, 2.75) is 52.0 Å². The lowest BCUT2D eigenvalue weighted by molar-refractivity contribution is -0.134. The van der Waals surface area contributed by atoms with Gasteiger partial charge in [-0.15, -0.1) is 0 Å². The van der Waals surface area contributed by atoms with Crippen LogP contribution >= 0.6 is 11.8 Å². The van der Waals surface area contributed by atoms with Gasteiger partial charge in [-0.1, -0.05) is 37.4 Å². The molecule has 2 fully saturated rings. The van der Waals surface area contributed by atoms with Gasteiger partial charge in [-0.3, -0.25) is 9.59 Å². The van der Waals surface area contributed by atoms with E-state index in [4.69, 9.17) is 0 Å². The van der Waals surface area contributed by atoms with Gasteiger partial charge in [0, 0.05) is 51.9 Å². The molecule has 0 radical (unpaired) electrons. The fraction of sp³-hybridized carbons (Fsp3) is 0.850. The second-order valence-corrected chi connectivity index (χ2v) is 9.34. The Morgan fingerprint density at radius 1 is 1.11 bits per heavy atom. The Bertz CT molecular complexity index is 532. The molecule has 7 nitrogen and oxygen atoms in total. The van der Waals surface area contributed by atoms with E-state index < -0.39 is 6.04 Å². The van der Waals surface area contributed by atoms with Crippen molar-refractivity contribution in [3.8, 4) is 0 Å².